The number of ether oxygens (including phenoxy) is 1. The second-order valence-electron chi connectivity index (χ2n) is 9.89. The summed E-state index contributed by atoms with van der Waals surface area (Å²) in [5, 5.41) is 13.0. The van der Waals surface area contributed by atoms with Crippen LogP contribution in [0.25, 0.3) is 0 Å². The fourth-order valence-corrected chi connectivity index (χ4v) is 5.40. The van der Waals surface area contributed by atoms with Crippen molar-refractivity contribution in [2.24, 2.45) is 11.8 Å². The van der Waals surface area contributed by atoms with Crippen LogP contribution in [0.3, 0.4) is 0 Å². The molecule has 3 aliphatic rings. The van der Waals surface area contributed by atoms with Crippen molar-refractivity contribution in [3.05, 3.63) is 35.9 Å². The van der Waals surface area contributed by atoms with E-state index >= 15 is 0 Å². The van der Waals surface area contributed by atoms with Gasteiger partial charge in [0.15, 0.2) is 0 Å². The van der Waals surface area contributed by atoms with Gasteiger partial charge in [-0.3, -0.25) is 4.79 Å². The molecule has 2 saturated carbocycles. The first-order chi connectivity index (χ1) is 16.1. The predicted octanol–water partition coefficient (Wildman–Crippen LogP) is 5.61. The lowest BCUT2D eigenvalue weighted by Crippen LogP contribution is -2.40. The highest BCUT2D eigenvalue weighted by Crippen LogP contribution is 2.27. The summed E-state index contributed by atoms with van der Waals surface area (Å²) in [6, 6.07) is 11.2. The van der Waals surface area contributed by atoms with Crippen LogP contribution >= 0.6 is 0 Å². The maximum Gasteiger partial charge on any atom is 0.410 e. The molecule has 2 atom stereocenters. The highest BCUT2D eigenvalue weighted by molar-refractivity contribution is 5.74. The monoisotopic (exact) mass is 458 g/mol. The van der Waals surface area contributed by atoms with E-state index in [0.717, 1.165) is 24.1 Å². The van der Waals surface area contributed by atoms with Crippen molar-refractivity contribution >= 4 is 12.1 Å². The second kappa shape index (κ2) is 13.6. The van der Waals surface area contributed by atoms with Crippen molar-refractivity contribution in [2.45, 2.75) is 96.2 Å². The number of hydrogen-bond acceptors (Lipinski definition) is 4. The molecule has 0 radical (unpaired) electrons. The predicted molar refractivity (Wildman–Crippen MR) is 130 cm³/mol. The highest BCUT2D eigenvalue weighted by atomic mass is 16.6. The SMILES string of the molecule is C1CCC(NC2CCCCC2)CC1.CCC1CN(C(=O)OCc2ccccc2)CC1C(=O)O. The molecule has 6 nitrogen and oxygen atoms in total. The van der Waals surface area contributed by atoms with Crippen LogP contribution in [0, 0.1) is 11.8 Å². The van der Waals surface area contributed by atoms with E-state index in [1.165, 1.54) is 69.1 Å². The Bertz CT molecular complexity index is 698. The molecule has 1 amide bonds. The molecule has 2 N–H and O–H groups in total. The standard InChI is InChI=1S/C15H19NO4.C12H23N/c1-2-12-8-16(9-13(12)14(17)18)15(19)20-10-11-6-4-3-5-7-11;1-3-7-11(8-4-1)13-12-9-5-2-6-10-12/h3-7,12-13H,2,8-10H2,1H3,(H,17,18);11-13H,1-10H2. The maximum atomic E-state index is 12.0. The Morgan fingerprint density at radius 1 is 0.939 bits per heavy atom. The van der Waals surface area contributed by atoms with Gasteiger partial charge in [0.25, 0.3) is 0 Å². The van der Waals surface area contributed by atoms with E-state index in [4.69, 9.17) is 9.84 Å². The van der Waals surface area contributed by atoms with Crippen LogP contribution in [0.4, 0.5) is 4.79 Å². The van der Waals surface area contributed by atoms with Gasteiger partial charge in [0.2, 0.25) is 0 Å². The number of carboxylic acid groups (broad SMARTS) is 1. The number of carbonyl (C=O) groups excluding carboxylic acids is 1. The number of carboxylic acids is 1. The number of hydrogen-bond donors (Lipinski definition) is 2. The van der Waals surface area contributed by atoms with Gasteiger partial charge in [-0.15, -0.1) is 0 Å². The Labute approximate surface area is 199 Å². The van der Waals surface area contributed by atoms with Gasteiger partial charge in [0.1, 0.15) is 6.61 Å². The molecule has 1 heterocycles. The van der Waals surface area contributed by atoms with Gasteiger partial charge in [-0.1, -0.05) is 82.2 Å². The number of carbonyl (C=O) groups is 2. The number of likely N-dealkylation sites (tertiary alicyclic amines) is 1. The molecule has 1 aromatic rings. The van der Waals surface area contributed by atoms with Crippen LogP contribution in [0.1, 0.15) is 83.1 Å². The quantitative estimate of drug-likeness (QED) is 0.579. The van der Waals surface area contributed by atoms with E-state index in [2.05, 4.69) is 5.32 Å². The number of nitrogens with zero attached hydrogens (tertiary/aromatic N) is 1. The third kappa shape index (κ3) is 8.33. The minimum Gasteiger partial charge on any atom is -0.481 e. The molecule has 1 aliphatic heterocycles. The van der Waals surface area contributed by atoms with Gasteiger partial charge >= 0.3 is 12.1 Å². The molecule has 3 fully saturated rings. The molecular formula is C27H42N2O4. The average Bonchev–Trinajstić information content (AvgIpc) is 3.30. The topological polar surface area (TPSA) is 78.9 Å². The first kappa shape index (κ1) is 25.5. The molecule has 1 saturated heterocycles. The summed E-state index contributed by atoms with van der Waals surface area (Å²) < 4.78 is 5.23. The number of amides is 1. The molecule has 2 aliphatic carbocycles. The first-order valence-corrected chi connectivity index (χ1v) is 13.0. The fourth-order valence-electron chi connectivity index (χ4n) is 5.40. The van der Waals surface area contributed by atoms with E-state index < -0.39 is 18.0 Å². The zero-order valence-corrected chi connectivity index (χ0v) is 20.2. The number of benzene rings is 1. The van der Waals surface area contributed by atoms with Crippen LogP contribution in [-0.2, 0) is 16.1 Å². The van der Waals surface area contributed by atoms with Gasteiger partial charge in [-0.2, -0.15) is 0 Å². The molecule has 0 bridgehead atoms. The van der Waals surface area contributed by atoms with Crippen molar-refractivity contribution in [3.63, 3.8) is 0 Å². The van der Waals surface area contributed by atoms with Gasteiger partial charge < -0.3 is 20.1 Å². The molecule has 0 spiro atoms. The Kier molecular flexibility index (Phi) is 10.5. The zero-order chi connectivity index (χ0) is 23.5. The lowest BCUT2D eigenvalue weighted by Gasteiger charge is -2.30. The Hall–Kier alpha value is -2.08. The normalized spacial score (nSPS) is 24.1. The number of nitrogens with one attached hydrogen (secondary N) is 1. The molecule has 2 unspecified atom stereocenters. The molecule has 6 heteroatoms. The molecule has 1 aromatic carbocycles. The molecular weight excluding hydrogens is 416 g/mol. The summed E-state index contributed by atoms with van der Waals surface area (Å²) >= 11 is 0. The minimum absolute atomic E-state index is 0.0109. The average molecular weight is 459 g/mol. The van der Waals surface area contributed by atoms with Crippen molar-refractivity contribution in [1.29, 1.82) is 0 Å². The first-order valence-electron chi connectivity index (χ1n) is 13.0. The Morgan fingerprint density at radius 3 is 2.00 bits per heavy atom. The van der Waals surface area contributed by atoms with Crippen LogP contribution in [-0.4, -0.2) is 47.2 Å². The lowest BCUT2D eigenvalue weighted by molar-refractivity contribution is -0.142. The Morgan fingerprint density at radius 2 is 1.52 bits per heavy atom. The van der Waals surface area contributed by atoms with Crippen molar-refractivity contribution in [2.75, 3.05) is 13.1 Å². The van der Waals surface area contributed by atoms with Gasteiger partial charge in [-0.05, 0) is 37.2 Å². The summed E-state index contributed by atoms with van der Waals surface area (Å²) in [6.07, 6.45) is 14.9. The van der Waals surface area contributed by atoms with Crippen molar-refractivity contribution < 1.29 is 19.4 Å². The van der Waals surface area contributed by atoms with Crippen LogP contribution in [0.15, 0.2) is 30.3 Å². The lowest BCUT2D eigenvalue weighted by atomic mass is 9.91. The molecule has 184 valence electrons. The summed E-state index contributed by atoms with van der Waals surface area (Å²) in [5.41, 5.74) is 0.918. The van der Waals surface area contributed by atoms with E-state index in [1.54, 1.807) is 0 Å². The van der Waals surface area contributed by atoms with E-state index in [-0.39, 0.29) is 19.1 Å². The van der Waals surface area contributed by atoms with Crippen LogP contribution in [0.5, 0.6) is 0 Å². The summed E-state index contributed by atoms with van der Waals surface area (Å²) in [7, 11) is 0. The van der Waals surface area contributed by atoms with Crippen LogP contribution in [0.2, 0.25) is 0 Å². The summed E-state index contributed by atoms with van der Waals surface area (Å²) in [5.74, 6) is -1.31. The third-order valence-electron chi connectivity index (χ3n) is 7.43. The minimum atomic E-state index is -0.838. The summed E-state index contributed by atoms with van der Waals surface area (Å²) in [6.45, 7) is 2.85. The highest BCUT2D eigenvalue weighted by Gasteiger charge is 2.39. The number of aliphatic carboxylic acids is 1. The largest absolute Gasteiger partial charge is 0.481 e. The van der Waals surface area contributed by atoms with E-state index in [0.29, 0.717) is 6.54 Å². The molecule has 33 heavy (non-hydrogen) atoms. The smallest absolute Gasteiger partial charge is 0.410 e. The van der Waals surface area contributed by atoms with Crippen molar-refractivity contribution in [3.8, 4) is 0 Å². The van der Waals surface area contributed by atoms with E-state index in [9.17, 15) is 9.59 Å². The molecule has 0 aromatic heterocycles. The van der Waals surface area contributed by atoms with Gasteiger partial charge in [-0.25, -0.2) is 4.79 Å². The third-order valence-corrected chi connectivity index (χ3v) is 7.43. The van der Waals surface area contributed by atoms with Gasteiger partial charge in [0, 0.05) is 25.2 Å². The van der Waals surface area contributed by atoms with Crippen LogP contribution < -0.4 is 5.32 Å². The Balaban J connectivity index is 0.000000203. The van der Waals surface area contributed by atoms with Crippen molar-refractivity contribution in [1.82, 2.24) is 10.2 Å². The second-order valence-corrected chi connectivity index (χ2v) is 9.89. The maximum absolute atomic E-state index is 12.0. The van der Waals surface area contributed by atoms with Gasteiger partial charge in [0.05, 0.1) is 5.92 Å². The van der Waals surface area contributed by atoms with E-state index in [1.807, 2.05) is 37.3 Å². The fraction of sp³-hybridized carbons (Fsp3) is 0.704. The zero-order valence-electron chi connectivity index (χ0n) is 20.2. The molecule has 4 rings (SSSR count). The number of rotatable bonds is 6. The summed E-state index contributed by atoms with van der Waals surface area (Å²) in [4.78, 5) is 24.6.